The van der Waals surface area contributed by atoms with Crippen LogP contribution >= 0.6 is 7.82 Å². The van der Waals surface area contributed by atoms with E-state index in [1.165, 1.54) is 89.9 Å². The molecule has 1 unspecified atom stereocenters. The number of aliphatic carboxylic acids is 1. The predicted molar refractivity (Wildman–Crippen MR) is 231 cm³/mol. The van der Waals surface area contributed by atoms with E-state index in [2.05, 4.69) is 54.8 Å². The number of hydrogen-bond donors (Lipinski definition) is 3. The maximum absolute atomic E-state index is 12.6. The van der Waals surface area contributed by atoms with Gasteiger partial charge >= 0.3 is 25.7 Å². The zero-order valence-electron chi connectivity index (χ0n) is 35.9. The van der Waals surface area contributed by atoms with Gasteiger partial charge in [-0.3, -0.25) is 23.4 Å². The third kappa shape index (κ3) is 40.3. The van der Waals surface area contributed by atoms with Crippen LogP contribution in [-0.4, -0.2) is 59.9 Å². The highest BCUT2D eigenvalue weighted by molar-refractivity contribution is 7.47. The number of unbranched alkanes of at least 4 members (excludes halogenated alkanes) is 22. The number of esters is 2. The highest BCUT2D eigenvalue weighted by Crippen LogP contribution is 2.43. The molecule has 0 saturated heterocycles. The van der Waals surface area contributed by atoms with Crippen molar-refractivity contribution in [2.24, 2.45) is 5.73 Å². The number of nitrogens with two attached hydrogens (primary N) is 1. The highest BCUT2D eigenvalue weighted by Gasteiger charge is 2.28. The lowest BCUT2D eigenvalue weighted by Gasteiger charge is -2.20. The van der Waals surface area contributed by atoms with Crippen LogP contribution in [0, 0.1) is 0 Å². The number of hydrogen-bond acceptors (Lipinski definition) is 9. The van der Waals surface area contributed by atoms with Crippen molar-refractivity contribution in [3.8, 4) is 0 Å². The number of phosphoric acid groups is 1. The summed E-state index contributed by atoms with van der Waals surface area (Å²) in [5, 5.41) is 8.89. The quantitative estimate of drug-likeness (QED) is 0.0231. The summed E-state index contributed by atoms with van der Waals surface area (Å²) in [6.45, 7) is 2.76. The third-order valence-corrected chi connectivity index (χ3v) is 10.6. The molecule has 0 aromatic heterocycles. The van der Waals surface area contributed by atoms with Crippen molar-refractivity contribution in [1.82, 2.24) is 0 Å². The minimum Gasteiger partial charge on any atom is -0.480 e. The Morgan fingerprint density at radius 3 is 1.44 bits per heavy atom. The van der Waals surface area contributed by atoms with Crippen LogP contribution in [0.5, 0.6) is 0 Å². The standard InChI is InChI=1S/C45H82NO10P/c1-3-5-7-9-11-13-15-17-19-20-21-23-24-26-28-30-32-34-36-43(47)53-38-41(39-54-57(51,52)55-40-42(46)45(49)50)56-44(48)37-35-33-31-29-27-25-22-18-16-14-12-10-8-6-4-2/h9,11,15,17,20-21,41-42H,3-8,10,12-14,16,18-19,22-40,46H2,1-2H3,(H,49,50)(H,51,52)/b11-9-,17-15-,21-20-/t41-,42+/m1/s1. The fourth-order valence-electron chi connectivity index (χ4n) is 6.06. The van der Waals surface area contributed by atoms with Gasteiger partial charge in [-0.1, -0.05) is 179 Å². The van der Waals surface area contributed by atoms with E-state index >= 15 is 0 Å². The van der Waals surface area contributed by atoms with Gasteiger partial charge in [-0.15, -0.1) is 0 Å². The molecule has 332 valence electrons. The van der Waals surface area contributed by atoms with Gasteiger partial charge < -0.3 is 25.2 Å². The minimum atomic E-state index is -4.72. The van der Waals surface area contributed by atoms with Gasteiger partial charge in [0, 0.05) is 12.8 Å². The first-order valence-corrected chi connectivity index (χ1v) is 24.0. The molecule has 0 rings (SSSR count). The van der Waals surface area contributed by atoms with Crippen molar-refractivity contribution >= 4 is 25.7 Å². The molecule has 0 saturated carbocycles. The number of phosphoric ester groups is 1. The Morgan fingerprint density at radius 2 is 0.947 bits per heavy atom. The van der Waals surface area contributed by atoms with E-state index in [0.717, 1.165) is 70.6 Å². The Labute approximate surface area is 346 Å². The van der Waals surface area contributed by atoms with Crippen molar-refractivity contribution in [2.45, 2.75) is 212 Å². The fourth-order valence-corrected chi connectivity index (χ4v) is 6.84. The molecule has 57 heavy (non-hydrogen) atoms. The second kappa shape index (κ2) is 40.5. The summed E-state index contributed by atoms with van der Waals surface area (Å²) in [6.07, 6.45) is 43.4. The molecule has 0 radical (unpaired) electrons. The summed E-state index contributed by atoms with van der Waals surface area (Å²) in [7, 11) is -4.72. The van der Waals surface area contributed by atoms with E-state index in [0.29, 0.717) is 12.8 Å². The number of allylic oxidation sites excluding steroid dienone is 6. The Kier molecular flexibility index (Phi) is 38.8. The highest BCUT2D eigenvalue weighted by atomic mass is 31.2. The zero-order chi connectivity index (χ0) is 42.1. The van der Waals surface area contributed by atoms with Crippen molar-refractivity contribution in [3.05, 3.63) is 36.5 Å². The van der Waals surface area contributed by atoms with Crippen LogP contribution in [0.25, 0.3) is 0 Å². The third-order valence-electron chi connectivity index (χ3n) is 9.64. The van der Waals surface area contributed by atoms with Crippen molar-refractivity contribution in [1.29, 1.82) is 0 Å². The van der Waals surface area contributed by atoms with Crippen LogP contribution in [0.15, 0.2) is 36.5 Å². The number of ether oxygens (including phenoxy) is 2. The summed E-state index contributed by atoms with van der Waals surface area (Å²) in [5.41, 5.74) is 5.34. The molecule has 0 heterocycles. The van der Waals surface area contributed by atoms with Crippen LogP contribution in [0.1, 0.15) is 200 Å². The Hall–Kier alpha value is -2.30. The lowest BCUT2D eigenvalue weighted by Crippen LogP contribution is -2.34. The lowest BCUT2D eigenvalue weighted by atomic mass is 10.0. The zero-order valence-corrected chi connectivity index (χ0v) is 36.8. The number of carboxylic acid groups (broad SMARTS) is 1. The van der Waals surface area contributed by atoms with Crippen LogP contribution in [-0.2, 0) is 37.5 Å². The summed E-state index contributed by atoms with van der Waals surface area (Å²) in [6, 6.07) is -1.52. The van der Waals surface area contributed by atoms with Gasteiger partial charge in [0.2, 0.25) is 0 Å². The largest absolute Gasteiger partial charge is 0.480 e. The van der Waals surface area contributed by atoms with E-state index in [-0.39, 0.29) is 19.4 Å². The number of rotatable bonds is 42. The number of carbonyl (C=O) groups is 3. The van der Waals surface area contributed by atoms with Crippen molar-refractivity contribution in [2.75, 3.05) is 19.8 Å². The average molecular weight is 828 g/mol. The van der Waals surface area contributed by atoms with Crippen LogP contribution in [0.4, 0.5) is 0 Å². The Balaban J connectivity index is 4.35. The second-order valence-corrected chi connectivity index (χ2v) is 16.6. The molecule has 0 aromatic carbocycles. The van der Waals surface area contributed by atoms with E-state index in [9.17, 15) is 23.8 Å². The van der Waals surface area contributed by atoms with E-state index in [4.69, 9.17) is 24.8 Å². The molecule has 0 bridgehead atoms. The van der Waals surface area contributed by atoms with Crippen molar-refractivity contribution in [3.63, 3.8) is 0 Å². The summed E-state index contributed by atoms with van der Waals surface area (Å²) in [4.78, 5) is 46.0. The fraction of sp³-hybridized carbons (Fsp3) is 0.800. The molecule has 0 fully saturated rings. The number of carbonyl (C=O) groups excluding carboxylic acids is 2. The molecule has 3 atom stereocenters. The number of carboxylic acids is 1. The molecule has 0 aliphatic carbocycles. The topological polar surface area (TPSA) is 172 Å². The Morgan fingerprint density at radius 1 is 0.544 bits per heavy atom. The van der Waals surface area contributed by atoms with Gasteiger partial charge in [-0.2, -0.15) is 0 Å². The maximum Gasteiger partial charge on any atom is 0.472 e. The second-order valence-electron chi connectivity index (χ2n) is 15.2. The molecule has 0 spiro atoms. The van der Waals surface area contributed by atoms with Gasteiger partial charge in [0.1, 0.15) is 12.6 Å². The van der Waals surface area contributed by atoms with E-state index in [1.807, 2.05) is 0 Å². The van der Waals surface area contributed by atoms with Crippen molar-refractivity contribution < 1.29 is 47.5 Å². The first-order valence-electron chi connectivity index (χ1n) is 22.5. The first-order chi connectivity index (χ1) is 27.6. The van der Waals surface area contributed by atoms with Gasteiger partial charge in [0.25, 0.3) is 0 Å². The molecular formula is C45H82NO10P. The predicted octanol–water partition coefficient (Wildman–Crippen LogP) is 12.0. The molecule has 11 nitrogen and oxygen atoms in total. The van der Waals surface area contributed by atoms with Gasteiger partial charge in [0.05, 0.1) is 13.2 Å². The van der Waals surface area contributed by atoms with Crippen LogP contribution in [0.2, 0.25) is 0 Å². The van der Waals surface area contributed by atoms with Crippen LogP contribution in [0.3, 0.4) is 0 Å². The molecule has 0 aliphatic rings. The molecule has 4 N–H and O–H groups in total. The minimum absolute atomic E-state index is 0.161. The van der Waals surface area contributed by atoms with Gasteiger partial charge in [-0.05, 0) is 44.9 Å². The van der Waals surface area contributed by atoms with Gasteiger partial charge in [-0.25, -0.2) is 4.57 Å². The van der Waals surface area contributed by atoms with E-state index < -0.39 is 51.1 Å². The van der Waals surface area contributed by atoms with E-state index in [1.54, 1.807) is 0 Å². The summed E-state index contributed by atoms with van der Waals surface area (Å²) >= 11 is 0. The SMILES string of the molecule is CCCC/C=C\C/C=C\C/C=C\CCCCCCCCC(=O)OC[C@H](COP(=O)(O)OC[C@H](N)C(=O)O)OC(=O)CCCCCCCCCCCCCCCCC. The molecule has 12 heteroatoms. The molecular weight excluding hydrogens is 745 g/mol. The Bertz CT molecular complexity index is 1110. The van der Waals surface area contributed by atoms with Gasteiger partial charge in [0.15, 0.2) is 6.10 Å². The van der Waals surface area contributed by atoms with Crippen LogP contribution < -0.4 is 5.73 Å². The average Bonchev–Trinajstić information content (AvgIpc) is 3.19. The lowest BCUT2D eigenvalue weighted by molar-refractivity contribution is -0.161. The molecule has 0 amide bonds. The maximum atomic E-state index is 12.6. The normalized spacial score (nSPS) is 14.0. The summed E-state index contributed by atoms with van der Waals surface area (Å²) < 4.78 is 32.7. The molecule has 0 aromatic rings. The summed E-state index contributed by atoms with van der Waals surface area (Å²) in [5.74, 6) is -2.39. The first kappa shape index (κ1) is 54.7. The smallest absolute Gasteiger partial charge is 0.472 e. The monoisotopic (exact) mass is 828 g/mol. The molecule has 0 aliphatic heterocycles.